The summed E-state index contributed by atoms with van der Waals surface area (Å²) in [6.45, 7) is -0.0576. The molecular weight excluding hydrogens is 380 g/mol. The zero-order valence-electron chi connectivity index (χ0n) is 17.2. The first-order valence-electron chi connectivity index (χ1n) is 9.43. The minimum Gasteiger partial charge on any atom is -0.497 e. The molecule has 6 nitrogen and oxygen atoms in total. The zero-order chi connectivity index (χ0) is 21.5. The second kappa shape index (κ2) is 9.60. The van der Waals surface area contributed by atoms with Crippen LogP contribution >= 0.6 is 0 Å². The lowest BCUT2D eigenvalue weighted by atomic mass is 10.1. The highest BCUT2D eigenvalue weighted by molar-refractivity contribution is 5.98. The van der Waals surface area contributed by atoms with Crippen LogP contribution < -0.4 is 14.8 Å². The molecule has 0 aromatic heterocycles. The Kier molecular flexibility index (Phi) is 6.70. The van der Waals surface area contributed by atoms with Crippen LogP contribution in [0.3, 0.4) is 0 Å². The van der Waals surface area contributed by atoms with Crippen LogP contribution in [0.25, 0.3) is 16.8 Å². The van der Waals surface area contributed by atoms with E-state index in [4.69, 9.17) is 9.47 Å². The Hall–Kier alpha value is -3.80. The molecule has 1 N–H and O–H groups in total. The molecule has 0 aliphatic carbocycles. The van der Waals surface area contributed by atoms with Crippen molar-refractivity contribution in [3.63, 3.8) is 0 Å². The summed E-state index contributed by atoms with van der Waals surface area (Å²) in [5, 5.41) is 4.87. The first-order chi connectivity index (χ1) is 14.5. The largest absolute Gasteiger partial charge is 0.497 e. The van der Waals surface area contributed by atoms with Crippen LogP contribution in [0, 0.1) is 0 Å². The average molecular weight is 404 g/mol. The number of benzene rings is 3. The number of methoxy groups -OCH3 is 2. The first-order valence-corrected chi connectivity index (χ1v) is 9.43. The highest BCUT2D eigenvalue weighted by Gasteiger charge is 2.11. The fourth-order valence-corrected chi connectivity index (χ4v) is 2.96. The van der Waals surface area contributed by atoms with E-state index in [0.29, 0.717) is 11.4 Å². The maximum absolute atomic E-state index is 12.4. The number of rotatable bonds is 7. The normalized spacial score (nSPS) is 10.8. The van der Waals surface area contributed by atoms with Crippen molar-refractivity contribution in [2.45, 2.75) is 0 Å². The molecule has 0 saturated carbocycles. The Labute approximate surface area is 175 Å². The van der Waals surface area contributed by atoms with E-state index in [-0.39, 0.29) is 18.4 Å². The zero-order valence-corrected chi connectivity index (χ0v) is 17.2. The second-order valence-corrected chi connectivity index (χ2v) is 6.78. The minimum absolute atomic E-state index is 0.0576. The summed E-state index contributed by atoms with van der Waals surface area (Å²) in [6, 6.07) is 18.8. The monoisotopic (exact) mass is 404 g/mol. The van der Waals surface area contributed by atoms with E-state index in [2.05, 4.69) is 5.32 Å². The van der Waals surface area contributed by atoms with Crippen molar-refractivity contribution in [2.75, 3.05) is 33.1 Å². The predicted octanol–water partition coefficient (Wildman–Crippen LogP) is 3.97. The van der Waals surface area contributed by atoms with Gasteiger partial charge in [0.25, 0.3) is 0 Å². The van der Waals surface area contributed by atoms with Gasteiger partial charge in [0.05, 0.1) is 20.8 Å². The maximum Gasteiger partial charge on any atom is 0.246 e. The Morgan fingerprint density at radius 2 is 1.63 bits per heavy atom. The summed E-state index contributed by atoms with van der Waals surface area (Å²) in [6.07, 6.45) is 3.20. The van der Waals surface area contributed by atoms with Crippen LogP contribution in [0.15, 0.2) is 66.7 Å². The van der Waals surface area contributed by atoms with Gasteiger partial charge < -0.3 is 19.7 Å². The van der Waals surface area contributed by atoms with Gasteiger partial charge in [-0.15, -0.1) is 0 Å². The topological polar surface area (TPSA) is 67.9 Å². The molecule has 0 atom stereocenters. The molecular formula is C24H24N2O4. The van der Waals surface area contributed by atoms with Gasteiger partial charge in [-0.3, -0.25) is 9.59 Å². The fourth-order valence-electron chi connectivity index (χ4n) is 2.96. The molecule has 3 aromatic rings. The number of ether oxygens (including phenoxy) is 2. The number of fused-ring (bicyclic) bond motifs is 1. The molecule has 0 aliphatic rings. The number of likely N-dealkylation sites (N-methyl/N-ethyl adjacent to an activating group) is 1. The molecule has 154 valence electrons. The van der Waals surface area contributed by atoms with Crippen LogP contribution in [-0.2, 0) is 9.59 Å². The molecule has 0 heterocycles. The Morgan fingerprint density at radius 1 is 0.933 bits per heavy atom. The van der Waals surface area contributed by atoms with E-state index >= 15 is 0 Å². The van der Waals surface area contributed by atoms with E-state index in [9.17, 15) is 9.59 Å². The van der Waals surface area contributed by atoms with Crippen molar-refractivity contribution < 1.29 is 19.1 Å². The van der Waals surface area contributed by atoms with Gasteiger partial charge in [-0.05, 0) is 52.7 Å². The van der Waals surface area contributed by atoms with Gasteiger partial charge >= 0.3 is 0 Å². The van der Waals surface area contributed by atoms with Crippen molar-refractivity contribution in [3.05, 3.63) is 72.3 Å². The predicted molar refractivity (Wildman–Crippen MR) is 119 cm³/mol. The number of amides is 2. The van der Waals surface area contributed by atoms with E-state index in [1.54, 1.807) is 51.6 Å². The molecule has 0 bridgehead atoms. The third kappa shape index (κ3) is 5.38. The van der Waals surface area contributed by atoms with E-state index in [1.165, 1.54) is 11.0 Å². The Morgan fingerprint density at radius 3 is 2.40 bits per heavy atom. The van der Waals surface area contributed by atoms with Gasteiger partial charge in [0.1, 0.15) is 11.5 Å². The summed E-state index contributed by atoms with van der Waals surface area (Å²) >= 11 is 0. The number of hydrogen-bond donors (Lipinski definition) is 1. The summed E-state index contributed by atoms with van der Waals surface area (Å²) < 4.78 is 10.4. The summed E-state index contributed by atoms with van der Waals surface area (Å²) in [7, 11) is 4.79. The smallest absolute Gasteiger partial charge is 0.246 e. The van der Waals surface area contributed by atoms with Gasteiger partial charge in [-0.25, -0.2) is 0 Å². The number of carbonyl (C=O) groups is 2. The van der Waals surface area contributed by atoms with Crippen molar-refractivity contribution >= 4 is 34.4 Å². The molecule has 30 heavy (non-hydrogen) atoms. The Balaban J connectivity index is 1.59. The van der Waals surface area contributed by atoms with Crippen molar-refractivity contribution in [3.8, 4) is 11.5 Å². The van der Waals surface area contributed by atoms with Gasteiger partial charge in [0.15, 0.2) is 0 Å². The molecule has 0 unspecified atom stereocenters. The molecule has 3 rings (SSSR count). The number of nitrogens with one attached hydrogen (secondary N) is 1. The minimum atomic E-state index is -0.285. The van der Waals surface area contributed by atoms with Gasteiger partial charge in [-0.1, -0.05) is 24.3 Å². The van der Waals surface area contributed by atoms with E-state index in [1.807, 2.05) is 36.4 Å². The SMILES string of the molecule is COc1cccc(NC(=O)CN(C)C(=O)/C=C/c2ccc3cc(OC)ccc3c2)c1. The van der Waals surface area contributed by atoms with Crippen LogP contribution in [-0.4, -0.2) is 44.5 Å². The lowest BCUT2D eigenvalue weighted by Gasteiger charge is -2.15. The van der Waals surface area contributed by atoms with E-state index in [0.717, 1.165) is 22.1 Å². The number of nitrogens with zero attached hydrogens (tertiary/aromatic N) is 1. The standard InChI is InChI=1S/C24H24N2O4/c1-26(16-23(27)25-20-5-4-6-21(15-20)29-2)24(28)12-8-17-7-9-19-14-22(30-3)11-10-18(19)13-17/h4-15H,16H2,1-3H3,(H,25,27)/b12-8+. The van der Waals surface area contributed by atoms with Crippen molar-refractivity contribution in [1.29, 1.82) is 0 Å². The van der Waals surface area contributed by atoms with Crippen molar-refractivity contribution in [1.82, 2.24) is 4.90 Å². The second-order valence-electron chi connectivity index (χ2n) is 6.78. The third-order valence-electron chi connectivity index (χ3n) is 4.60. The molecule has 0 saturated heterocycles. The molecule has 0 fully saturated rings. The van der Waals surface area contributed by atoms with Gasteiger partial charge in [0.2, 0.25) is 11.8 Å². The first kappa shape index (κ1) is 20.9. The fraction of sp³-hybridized carbons (Fsp3) is 0.167. The van der Waals surface area contributed by atoms with E-state index < -0.39 is 0 Å². The number of carbonyl (C=O) groups excluding carboxylic acids is 2. The molecule has 0 radical (unpaired) electrons. The highest BCUT2D eigenvalue weighted by Crippen LogP contribution is 2.22. The Bertz CT molecular complexity index is 1090. The lowest BCUT2D eigenvalue weighted by molar-refractivity contribution is -0.129. The summed E-state index contributed by atoms with van der Waals surface area (Å²) in [4.78, 5) is 26.0. The van der Waals surface area contributed by atoms with Crippen molar-refractivity contribution in [2.24, 2.45) is 0 Å². The molecule has 0 spiro atoms. The number of hydrogen-bond acceptors (Lipinski definition) is 4. The lowest BCUT2D eigenvalue weighted by Crippen LogP contribution is -2.33. The number of anilines is 1. The molecule has 0 aliphatic heterocycles. The molecule has 3 aromatic carbocycles. The van der Waals surface area contributed by atoms with Crippen LogP contribution in [0.4, 0.5) is 5.69 Å². The van der Waals surface area contributed by atoms with Crippen LogP contribution in [0.2, 0.25) is 0 Å². The molecule has 6 heteroatoms. The maximum atomic E-state index is 12.4. The summed E-state index contributed by atoms with van der Waals surface area (Å²) in [5.41, 5.74) is 1.51. The van der Waals surface area contributed by atoms with Crippen LogP contribution in [0.5, 0.6) is 11.5 Å². The third-order valence-corrected chi connectivity index (χ3v) is 4.60. The quantitative estimate of drug-likeness (QED) is 0.605. The average Bonchev–Trinajstić information content (AvgIpc) is 2.76. The van der Waals surface area contributed by atoms with Crippen LogP contribution in [0.1, 0.15) is 5.56 Å². The van der Waals surface area contributed by atoms with Gasteiger partial charge in [-0.2, -0.15) is 0 Å². The summed E-state index contributed by atoms with van der Waals surface area (Å²) in [5.74, 6) is 0.904. The highest BCUT2D eigenvalue weighted by atomic mass is 16.5. The van der Waals surface area contributed by atoms with Gasteiger partial charge in [0, 0.05) is 24.9 Å². The molecule has 2 amide bonds.